The molecule has 122 valence electrons. The van der Waals surface area contributed by atoms with Crippen LogP contribution in [-0.4, -0.2) is 27.3 Å². The largest absolute Gasteiger partial charge is 0.612 e. The van der Waals surface area contributed by atoms with Crippen LogP contribution in [0.25, 0.3) is 5.57 Å². The lowest BCUT2D eigenvalue weighted by Crippen LogP contribution is -2.55. The summed E-state index contributed by atoms with van der Waals surface area (Å²) < 4.78 is 25.1. The summed E-state index contributed by atoms with van der Waals surface area (Å²) in [4.78, 5) is 23.0. The van der Waals surface area contributed by atoms with E-state index in [4.69, 9.17) is 0 Å². The lowest BCUT2D eigenvalue weighted by Gasteiger charge is -2.29. The molecular weight excluding hydrogens is 323 g/mol. The number of halogens is 1. The first-order valence-electron chi connectivity index (χ1n) is 6.71. The Labute approximate surface area is 135 Å². The molecule has 1 aliphatic carbocycles. The molecule has 2 atom stereocenters. The summed E-state index contributed by atoms with van der Waals surface area (Å²) in [7, 11) is 0. The van der Waals surface area contributed by atoms with Crippen LogP contribution in [0.15, 0.2) is 47.1 Å². The molecule has 0 spiro atoms. The smallest absolute Gasteiger partial charge is 0.326 e. The fourth-order valence-corrected chi connectivity index (χ4v) is 2.97. The Kier molecular flexibility index (Phi) is 4.86. The number of hydrogen-bond donors (Lipinski definition) is 1. The number of nitro groups is 1. The van der Waals surface area contributed by atoms with Gasteiger partial charge in [0.15, 0.2) is 4.90 Å². The maximum absolute atomic E-state index is 13.7. The molecule has 1 amide bonds. The first kappa shape index (κ1) is 17.2. The van der Waals surface area contributed by atoms with Crippen LogP contribution in [0.1, 0.15) is 18.9 Å². The van der Waals surface area contributed by atoms with Gasteiger partial charge in [-0.05, 0) is 53.2 Å². The van der Waals surface area contributed by atoms with Crippen LogP contribution in [-0.2, 0) is 16.0 Å². The van der Waals surface area contributed by atoms with Gasteiger partial charge in [-0.25, -0.2) is 4.39 Å². The van der Waals surface area contributed by atoms with Gasteiger partial charge < -0.3 is 4.55 Å². The summed E-state index contributed by atoms with van der Waals surface area (Å²) >= 11 is -1.19. The van der Waals surface area contributed by atoms with E-state index in [9.17, 15) is 23.9 Å². The van der Waals surface area contributed by atoms with Crippen LogP contribution in [0.3, 0.4) is 0 Å². The van der Waals surface area contributed by atoms with Crippen LogP contribution in [0.4, 0.5) is 4.39 Å². The van der Waals surface area contributed by atoms with Crippen molar-refractivity contribution in [3.8, 4) is 0 Å². The third kappa shape index (κ3) is 3.43. The molecule has 1 N–H and O–H groups in total. The van der Waals surface area contributed by atoms with Gasteiger partial charge in [0, 0.05) is 6.92 Å². The molecule has 8 heteroatoms. The molecule has 0 saturated carbocycles. The molecule has 0 radical (unpaired) electrons. The number of carbonyl (C=O) groups is 1. The zero-order chi connectivity index (χ0) is 17.2. The summed E-state index contributed by atoms with van der Waals surface area (Å²) in [5.74, 6) is -1.19. The van der Waals surface area contributed by atoms with E-state index in [1.165, 1.54) is 25.3 Å². The van der Waals surface area contributed by atoms with Gasteiger partial charge in [-0.15, -0.1) is 0 Å². The number of carbonyl (C=O) groups excluding carboxylic acids is 1. The van der Waals surface area contributed by atoms with Crippen molar-refractivity contribution < 1.29 is 18.7 Å². The van der Waals surface area contributed by atoms with Crippen molar-refractivity contribution >= 4 is 22.7 Å². The maximum Gasteiger partial charge on any atom is 0.326 e. The van der Waals surface area contributed by atoms with Crippen molar-refractivity contribution in [2.45, 2.75) is 23.9 Å². The minimum atomic E-state index is -1.92. The number of allylic oxidation sites excluding steroid dienone is 2. The van der Waals surface area contributed by atoms with Crippen LogP contribution in [0.2, 0.25) is 0 Å². The van der Waals surface area contributed by atoms with E-state index in [1.54, 1.807) is 12.1 Å². The fraction of sp³-hybridized carbons (Fsp3) is 0.267. The van der Waals surface area contributed by atoms with Crippen LogP contribution < -0.4 is 5.32 Å². The fourth-order valence-electron chi connectivity index (χ4n) is 2.45. The van der Waals surface area contributed by atoms with E-state index >= 15 is 0 Å². The molecule has 0 fully saturated rings. The lowest BCUT2D eigenvalue weighted by atomic mass is 9.86. The van der Waals surface area contributed by atoms with Crippen molar-refractivity contribution in [1.29, 1.82) is 0 Å². The molecule has 2 unspecified atom stereocenters. The second-order valence-corrected chi connectivity index (χ2v) is 6.51. The van der Waals surface area contributed by atoms with Gasteiger partial charge in [-0.1, -0.05) is 0 Å². The van der Waals surface area contributed by atoms with Gasteiger partial charge in [0.05, 0.1) is 16.9 Å². The average molecular weight is 338 g/mol. The highest BCUT2D eigenvalue weighted by atomic mass is 32.2. The summed E-state index contributed by atoms with van der Waals surface area (Å²) in [6.45, 7) is 1.17. The third-order valence-electron chi connectivity index (χ3n) is 3.51. The van der Waals surface area contributed by atoms with Crippen molar-refractivity contribution in [2.75, 3.05) is 6.26 Å². The SMILES string of the molecule is CC(=O)NC1([N+](=O)[O-])CC=C(F)C=C1c1ccc([S+](C)[O-])cc1. The highest BCUT2D eigenvalue weighted by Crippen LogP contribution is 2.36. The highest BCUT2D eigenvalue weighted by molar-refractivity contribution is 7.90. The number of amides is 1. The second kappa shape index (κ2) is 6.51. The van der Waals surface area contributed by atoms with E-state index in [-0.39, 0.29) is 12.0 Å². The summed E-state index contributed by atoms with van der Waals surface area (Å²) in [5, 5.41) is 14.0. The topological polar surface area (TPSA) is 95.3 Å². The molecule has 1 aromatic carbocycles. The number of hydrogen-bond acceptors (Lipinski definition) is 4. The van der Waals surface area contributed by atoms with E-state index in [2.05, 4.69) is 5.32 Å². The Hall–Kier alpha value is -2.19. The standard InChI is InChI=1S/C15H15FN2O4S/c1-10(19)17-15(18(20)21)8-7-12(16)9-14(15)11-3-5-13(6-4-11)23(2)22/h3-7,9H,8H2,1-2H3,(H,17,19). The van der Waals surface area contributed by atoms with Crippen LogP contribution >= 0.6 is 0 Å². The van der Waals surface area contributed by atoms with E-state index < -0.39 is 33.5 Å². The van der Waals surface area contributed by atoms with Crippen molar-refractivity contribution in [3.05, 3.63) is 57.9 Å². The molecule has 2 rings (SSSR count). The molecule has 6 nitrogen and oxygen atoms in total. The average Bonchev–Trinajstić information content (AvgIpc) is 2.48. The lowest BCUT2D eigenvalue weighted by molar-refractivity contribution is -0.555. The quantitative estimate of drug-likeness (QED) is 0.394. The third-order valence-corrected chi connectivity index (χ3v) is 4.45. The van der Waals surface area contributed by atoms with Crippen LogP contribution in [0, 0.1) is 10.1 Å². The molecule has 0 saturated heterocycles. The second-order valence-electron chi connectivity index (χ2n) is 5.13. The Morgan fingerprint density at radius 1 is 1.39 bits per heavy atom. The van der Waals surface area contributed by atoms with Gasteiger partial charge in [0.1, 0.15) is 12.1 Å². The van der Waals surface area contributed by atoms with E-state index in [0.29, 0.717) is 10.5 Å². The molecule has 0 aromatic heterocycles. The van der Waals surface area contributed by atoms with E-state index in [1.807, 2.05) is 0 Å². The molecule has 1 aromatic rings. The zero-order valence-corrected chi connectivity index (χ0v) is 13.4. The Bertz CT molecular complexity index is 700. The first-order valence-corrected chi connectivity index (χ1v) is 8.27. The van der Waals surface area contributed by atoms with Gasteiger partial charge >= 0.3 is 5.66 Å². The minimum absolute atomic E-state index is 0.0473. The molecule has 23 heavy (non-hydrogen) atoms. The minimum Gasteiger partial charge on any atom is -0.612 e. The number of nitrogens with one attached hydrogen (secondary N) is 1. The summed E-state index contributed by atoms with van der Waals surface area (Å²) in [5.41, 5.74) is -1.49. The number of rotatable bonds is 4. The van der Waals surface area contributed by atoms with Gasteiger partial charge in [-0.2, -0.15) is 0 Å². The van der Waals surface area contributed by atoms with Crippen molar-refractivity contribution in [3.63, 3.8) is 0 Å². The maximum atomic E-state index is 13.7. The molecule has 0 aliphatic heterocycles. The monoisotopic (exact) mass is 338 g/mol. The van der Waals surface area contributed by atoms with Crippen molar-refractivity contribution in [1.82, 2.24) is 5.32 Å². The molecular formula is C15H15FN2O4S. The van der Waals surface area contributed by atoms with Crippen molar-refractivity contribution in [2.24, 2.45) is 0 Å². The highest BCUT2D eigenvalue weighted by Gasteiger charge is 2.49. The molecule has 1 aliphatic rings. The predicted molar refractivity (Wildman–Crippen MR) is 84.1 cm³/mol. The number of benzene rings is 1. The first-order chi connectivity index (χ1) is 10.8. The summed E-state index contributed by atoms with van der Waals surface area (Å²) in [6.07, 6.45) is 3.33. The van der Waals surface area contributed by atoms with Crippen LogP contribution in [0.5, 0.6) is 0 Å². The zero-order valence-electron chi connectivity index (χ0n) is 12.5. The van der Waals surface area contributed by atoms with Gasteiger partial charge in [0.2, 0.25) is 5.91 Å². The molecule has 0 heterocycles. The van der Waals surface area contributed by atoms with Gasteiger partial charge in [0.25, 0.3) is 0 Å². The number of nitrogens with zero attached hydrogens (tertiary/aromatic N) is 1. The normalized spacial score (nSPS) is 21.9. The summed E-state index contributed by atoms with van der Waals surface area (Å²) in [6, 6.07) is 6.17. The van der Waals surface area contributed by atoms with E-state index in [0.717, 1.165) is 12.2 Å². The Morgan fingerprint density at radius 2 is 2.00 bits per heavy atom. The Morgan fingerprint density at radius 3 is 2.48 bits per heavy atom. The Balaban J connectivity index is 2.54. The van der Waals surface area contributed by atoms with Gasteiger partial charge in [-0.3, -0.25) is 20.2 Å². The predicted octanol–water partition coefficient (Wildman–Crippen LogP) is 2.17. The molecule has 0 bridgehead atoms.